The Hall–Kier alpha value is -2.74. The Kier molecular flexibility index (Phi) is 3.09. The molecule has 2 N–H and O–H groups in total. The number of aliphatic imine (C=N–C) groups is 2. The lowest BCUT2D eigenvalue weighted by molar-refractivity contribution is -0.128. The first kappa shape index (κ1) is 10.3. The van der Waals surface area contributed by atoms with E-state index in [9.17, 15) is 4.79 Å². The summed E-state index contributed by atoms with van der Waals surface area (Å²) in [6.07, 6.45) is -0.300. The van der Waals surface area contributed by atoms with Gasteiger partial charge in [-0.05, 0) is 0 Å². The normalized spacial score (nSPS) is 15.3. The summed E-state index contributed by atoms with van der Waals surface area (Å²) in [6.45, 7) is 0. The number of hydrogen-bond acceptors (Lipinski definition) is 7. The molecular weight excluding hydrogens is 200 g/mol. The Morgan fingerprint density at radius 3 is 2.40 bits per heavy atom. The Morgan fingerprint density at radius 1 is 1.47 bits per heavy atom. The molecule has 0 saturated heterocycles. The zero-order valence-electron chi connectivity index (χ0n) is 7.25. The molecule has 0 saturated carbocycles. The fraction of sp³-hybridized carbons (Fsp3) is 0.143. The highest BCUT2D eigenvalue weighted by Gasteiger charge is 2.19. The van der Waals surface area contributed by atoms with Crippen molar-refractivity contribution >= 4 is 23.6 Å². The second-order valence-electron chi connectivity index (χ2n) is 2.28. The molecule has 8 heteroatoms. The van der Waals surface area contributed by atoms with E-state index in [2.05, 4.69) is 20.5 Å². The molecular formula is C7H4N6O2. The molecule has 0 aliphatic carbocycles. The minimum Gasteiger partial charge on any atom is -0.477 e. The van der Waals surface area contributed by atoms with Gasteiger partial charge in [-0.1, -0.05) is 0 Å². The predicted molar refractivity (Wildman–Crippen MR) is 49.1 cm³/mol. The summed E-state index contributed by atoms with van der Waals surface area (Å²) >= 11 is 0. The molecule has 0 bridgehead atoms. The van der Waals surface area contributed by atoms with E-state index in [4.69, 9.17) is 15.6 Å². The Labute approximate surface area is 83.9 Å². The first-order valence-corrected chi connectivity index (χ1v) is 3.65. The van der Waals surface area contributed by atoms with Gasteiger partial charge in [-0.2, -0.15) is 15.6 Å². The van der Waals surface area contributed by atoms with Crippen molar-refractivity contribution in [3.05, 3.63) is 0 Å². The van der Waals surface area contributed by atoms with Gasteiger partial charge in [-0.15, -0.1) is 0 Å². The van der Waals surface area contributed by atoms with Crippen LogP contribution in [-0.2, 0) is 4.79 Å². The lowest BCUT2D eigenvalue weighted by Crippen LogP contribution is -2.19. The van der Waals surface area contributed by atoms with Crippen LogP contribution < -0.4 is 5.43 Å². The van der Waals surface area contributed by atoms with Crippen molar-refractivity contribution in [3.8, 4) is 12.1 Å². The fourth-order valence-electron chi connectivity index (χ4n) is 0.776. The van der Waals surface area contributed by atoms with Gasteiger partial charge in [0, 0.05) is 0 Å². The summed E-state index contributed by atoms with van der Waals surface area (Å²) in [7, 11) is 0. The SMILES string of the molecule is N#CC1=NC(N/N=C/C(=O)O)N=C1C#N. The van der Waals surface area contributed by atoms with E-state index in [-0.39, 0.29) is 11.4 Å². The number of carbonyl (C=O) groups is 1. The van der Waals surface area contributed by atoms with Crippen LogP contribution in [-0.4, -0.2) is 35.0 Å². The molecule has 0 fully saturated rings. The average Bonchev–Trinajstić information content (AvgIpc) is 2.59. The third-order valence-electron chi connectivity index (χ3n) is 1.30. The molecule has 0 spiro atoms. The molecule has 15 heavy (non-hydrogen) atoms. The highest BCUT2D eigenvalue weighted by Crippen LogP contribution is 2.02. The summed E-state index contributed by atoms with van der Waals surface area (Å²) in [4.78, 5) is 17.4. The summed E-state index contributed by atoms with van der Waals surface area (Å²) in [6, 6.07) is 3.37. The van der Waals surface area contributed by atoms with Crippen LogP contribution in [0.15, 0.2) is 15.1 Å². The Morgan fingerprint density at radius 2 is 2.00 bits per heavy atom. The van der Waals surface area contributed by atoms with Gasteiger partial charge < -0.3 is 5.11 Å². The minimum atomic E-state index is -1.23. The van der Waals surface area contributed by atoms with Crippen LogP contribution in [0.1, 0.15) is 0 Å². The van der Waals surface area contributed by atoms with Crippen LogP contribution in [0.4, 0.5) is 0 Å². The Bertz CT molecular complexity index is 419. The van der Waals surface area contributed by atoms with Crippen LogP contribution >= 0.6 is 0 Å². The highest BCUT2D eigenvalue weighted by molar-refractivity contribution is 6.54. The van der Waals surface area contributed by atoms with E-state index < -0.39 is 12.3 Å². The minimum absolute atomic E-state index is 0.0967. The summed E-state index contributed by atoms with van der Waals surface area (Å²) < 4.78 is 0. The van der Waals surface area contributed by atoms with Crippen molar-refractivity contribution in [2.75, 3.05) is 0 Å². The topological polar surface area (TPSA) is 134 Å². The van der Waals surface area contributed by atoms with Gasteiger partial charge >= 0.3 is 5.97 Å². The number of nitrogens with one attached hydrogen (secondary N) is 1. The first-order valence-electron chi connectivity index (χ1n) is 3.65. The van der Waals surface area contributed by atoms with E-state index in [0.717, 1.165) is 0 Å². The van der Waals surface area contributed by atoms with Crippen molar-refractivity contribution in [1.82, 2.24) is 5.43 Å². The maximum Gasteiger partial charge on any atom is 0.348 e. The number of aliphatic carboxylic acids is 1. The van der Waals surface area contributed by atoms with Gasteiger partial charge in [0.25, 0.3) is 0 Å². The van der Waals surface area contributed by atoms with E-state index in [1.54, 1.807) is 12.1 Å². The fourth-order valence-corrected chi connectivity index (χ4v) is 0.776. The molecule has 74 valence electrons. The summed E-state index contributed by atoms with van der Waals surface area (Å²) in [5, 5.41) is 28.6. The monoisotopic (exact) mass is 204 g/mol. The van der Waals surface area contributed by atoms with Crippen molar-refractivity contribution in [2.45, 2.75) is 6.29 Å². The number of nitriles is 2. The quantitative estimate of drug-likeness (QED) is 0.443. The van der Waals surface area contributed by atoms with Gasteiger partial charge in [-0.25, -0.2) is 14.8 Å². The molecule has 0 unspecified atom stereocenters. The zero-order valence-corrected chi connectivity index (χ0v) is 7.25. The van der Waals surface area contributed by atoms with E-state index >= 15 is 0 Å². The van der Waals surface area contributed by atoms with Crippen LogP contribution in [0, 0.1) is 22.7 Å². The lowest BCUT2D eigenvalue weighted by Gasteiger charge is -1.99. The predicted octanol–water partition coefficient (Wildman–Crippen LogP) is -1.13. The van der Waals surface area contributed by atoms with Crippen molar-refractivity contribution in [1.29, 1.82) is 10.5 Å². The first-order chi connectivity index (χ1) is 7.17. The summed E-state index contributed by atoms with van der Waals surface area (Å²) in [5.74, 6) is -1.23. The van der Waals surface area contributed by atoms with Crippen LogP contribution in [0.3, 0.4) is 0 Å². The average molecular weight is 204 g/mol. The molecule has 1 heterocycles. The van der Waals surface area contributed by atoms with E-state index in [0.29, 0.717) is 6.21 Å². The maximum absolute atomic E-state index is 10.0. The van der Waals surface area contributed by atoms with Gasteiger partial charge in [0.2, 0.25) is 6.29 Å². The van der Waals surface area contributed by atoms with E-state index in [1.807, 2.05) is 0 Å². The molecule has 0 atom stereocenters. The standard InChI is InChI=1S/C7H4N6O2/c8-1-4-5(2-9)12-7(11-4)13-10-3-6(14)15/h3,7,13H,(H,14,15)/b10-3+. The van der Waals surface area contributed by atoms with Gasteiger partial charge in [-0.3, -0.25) is 5.43 Å². The number of carboxylic acids is 1. The number of hydrogen-bond donors (Lipinski definition) is 2. The van der Waals surface area contributed by atoms with Gasteiger partial charge in [0.15, 0.2) is 11.4 Å². The van der Waals surface area contributed by atoms with Crippen molar-refractivity contribution < 1.29 is 9.90 Å². The Balaban J connectivity index is 2.67. The third-order valence-corrected chi connectivity index (χ3v) is 1.30. The molecule has 0 radical (unpaired) electrons. The molecule has 0 aromatic rings. The molecule has 0 amide bonds. The highest BCUT2D eigenvalue weighted by atomic mass is 16.4. The number of nitrogens with zero attached hydrogens (tertiary/aromatic N) is 5. The molecule has 1 rings (SSSR count). The van der Waals surface area contributed by atoms with Gasteiger partial charge in [0.05, 0.1) is 0 Å². The second kappa shape index (κ2) is 4.48. The maximum atomic E-state index is 10.0. The number of rotatable bonds is 3. The number of carboxylic acid groups (broad SMARTS) is 1. The van der Waals surface area contributed by atoms with Crippen molar-refractivity contribution in [3.63, 3.8) is 0 Å². The van der Waals surface area contributed by atoms with Gasteiger partial charge in [0.1, 0.15) is 18.4 Å². The largest absolute Gasteiger partial charge is 0.477 e. The van der Waals surface area contributed by atoms with Crippen molar-refractivity contribution in [2.24, 2.45) is 15.1 Å². The molecule has 1 aliphatic heterocycles. The lowest BCUT2D eigenvalue weighted by atomic mass is 10.3. The molecule has 0 aromatic heterocycles. The molecule has 1 aliphatic rings. The molecule has 0 aromatic carbocycles. The second-order valence-corrected chi connectivity index (χ2v) is 2.28. The molecule has 8 nitrogen and oxygen atoms in total. The van der Waals surface area contributed by atoms with Crippen LogP contribution in [0.5, 0.6) is 0 Å². The van der Waals surface area contributed by atoms with Crippen LogP contribution in [0.2, 0.25) is 0 Å². The number of hydrazone groups is 1. The van der Waals surface area contributed by atoms with E-state index in [1.165, 1.54) is 0 Å². The summed E-state index contributed by atoms with van der Waals surface area (Å²) in [5.41, 5.74) is 2.06. The van der Waals surface area contributed by atoms with Crippen LogP contribution in [0.25, 0.3) is 0 Å². The zero-order chi connectivity index (χ0) is 11.3. The smallest absolute Gasteiger partial charge is 0.348 e. The third kappa shape index (κ3) is 2.60.